The van der Waals surface area contributed by atoms with Gasteiger partial charge in [0.1, 0.15) is 5.76 Å². The maximum Gasteiger partial charge on any atom is 0.293 e. The normalized spacial score (nSPS) is 11.2. The highest BCUT2D eigenvalue weighted by Crippen LogP contribution is 2.26. The number of nitrogen functional groups attached to an aromatic ring is 1. The van der Waals surface area contributed by atoms with Gasteiger partial charge in [0.05, 0.1) is 18.2 Å². The second-order valence-electron chi connectivity index (χ2n) is 6.09. The molecule has 1 amide bonds. The van der Waals surface area contributed by atoms with Crippen LogP contribution in [0.25, 0.3) is 5.82 Å². The molecule has 3 aromatic heterocycles. The van der Waals surface area contributed by atoms with E-state index in [0.29, 0.717) is 17.2 Å². The molecule has 0 atom stereocenters. The molecule has 152 valence electrons. The van der Waals surface area contributed by atoms with Crippen LogP contribution in [-0.2, 0) is 5.75 Å². The lowest BCUT2D eigenvalue weighted by Crippen LogP contribution is -2.20. The molecule has 3 N–H and O–H groups in total. The summed E-state index contributed by atoms with van der Waals surface area (Å²) in [5, 5.41) is 19.2. The molecule has 0 saturated heterocycles. The summed E-state index contributed by atoms with van der Waals surface area (Å²) in [6.07, 6.45) is 2.88. The number of benzene rings is 1. The molecular weight excluding hydrogens is 408 g/mol. The fourth-order valence-corrected chi connectivity index (χ4v) is 3.36. The Morgan fingerprint density at radius 1 is 1.30 bits per heavy atom. The maximum atomic E-state index is 12.6. The van der Waals surface area contributed by atoms with E-state index in [-0.39, 0.29) is 17.3 Å². The molecule has 0 aliphatic heterocycles. The van der Waals surface area contributed by atoms with Gasteiger partial charge in [-0.3, -0.25) is 4.79 Å². The Morgan fingerprint density at radius 3 is 2.83 bits per heavy atom. The van der Waals surface area contributed by atoms with Crippen LogP contribution in [0, 0.1) is 6.92 Å². The van der Waals surface area contributed by atoms with Crippen LogP contribution in [0.5, 0.6) is 0 Å². The summed E-state index contributed by atoms with van der Waals surface area (Å²) in [7, 11) is 0. The van der Waals surface area contributed by atoms with E-state index in [2.05, 4.69) is 35.8 Å². The van der Waals surface area contributed by atoms with Crippen LogP contribution in [0.1, 0.15) is 27.5 Å². The van der Waals surface area contributed by atoms with Crippen molar-refractivity contribution in [3.8, 4) is 5.82 Å². The van der Waals surface area contributed by atoms with Crippen molar-refractivity contribution in [2.24, 2.45) is 5.10 Å². The zero-order chi connectivity index (χ0) is 20.9. The highest BCUT2D eigenvalue weighted by molar-refractivity contribution is 7.98. The van der Waals surface area contributed by atoms with Crippen molar-refractivity contribution < 1.29 is 13.8 Å². The summed E-state index contributed by atoms with van der Waals surface area (Å²) in [6, 6.07) is 11.4. The topological polar surface area (TPSA) is 150 Å². The number of hydrogen-bond acceptors (Lipinski definition) is 10. The van der Waals surface area contributed by atoms with Gasteiger partial charge in [-0.15, -0.1) is 16.9 Å². The molecule has 0 saturated carbocycles. The number of amides is 1. The Bertz CT molecular complexity index is 1160. The Labute approximate surface area is 174 Å². The van der Waals surface area contributed by atoms with Crippen LogP contribution in [0.15, 0.2) is 61.7 Å². The number of aryl methyl sites for hydroxylation is 1. The first-order chi connectivity index (χ1) is 14.6. The molecule has 1 aromatic carbocycles. The molecule has 0 spiro atoms. The number of carbonyl (C=O) groups excluding carboxylic acids is 1. The first kappa shape index (κ1) is 19.4. The summed E-state index contributed by atoms with van der Waals surface area (Å²) in [4.78, 5) is 13.7. The lowest BCUT2D eigenvalue weighted by Gasteiger charge is -2.06. The first-order valence-electron chi connectivity index (χ1n) is 8.71. The number of nitrogens with two attached hydrogens (primary N) is 1. The molecule has 0 radical (unpaired) electrons. The van der Waals surface area contributed by atoms with Gasteiger partial charge in [-0.25, -0.2) is 10.1 Å². The SMILES string of the molecule is Cc1ccc(SCc2c(C(=O)N/N=C\c3ccco3)nnn2-c2nonc2N)cc1. The quantitative estimate of drug-likeness (QED) is 0.258. The van der Waals surface area contributed by atoms with Gasteiger partial charge in [0.15, 0.2) is 5.69 Å². The van der Waals surface area contributed by atoms with E-state index in [0.717, 1.165) is 10.5 Å². The van der Waals surface area contributed by atoms with Crippen molar-refractivity contribution in [1.82, 2.24) is 30.7 Å². The third-order valence-corrected chi connectivity index (χ3v) is 5.00. The lowest BCUT2D eigenvalue weighted by atomic mass is 10.2. The summed E-state index contributed by atoms with van der Waals surface area (Å²) in [6.45, 7) is 2.01. The standard InChI is InChI=1S/C18H16N8O3S/c1-11-4-6-13(7-5-11)30-10-14-15(18(27)22-20-9-12-3-2-8-28-12)21-25-26(14)17-16(19)23-29-24-17/h2-9H,10H2,1H3,(H2,19,23)(H,22,27)/b20-9-. The third kappa shape index (κ3) is 4.22. The molecule has 0 aliphatic carbocycles. The van der Waals surface area contributed by atoms with Gasteiger partial charge in [0.2, 0.25) is 11.6 Å². The number of hydrazone groups is 1. The Kier molecular flexibility index (Phi) is 5.57. The maximum absolute atomic E-state index is 12.6. The number of carbonyl (C=O) groups is 1. The van der Waals surface area contributed by atoms with Crippen LogP contribution < -0.4 is 11.2 Å². The molecule has 0 bridgehead atoms. The molecule has 3 heterocycles. The molecule has 4 aromatic rings. The molecule has 4 rings (SSSR count). The predicted molar refractivity (Wildman–Crippen MR) is 108 cm³/mol. The van der Waals surface area contributed by atoms with Gasteiger partial charge in [-0.05, 0) is 41.5 Å². The number of furan rings is 1. The van der Waals surface area contributed by atoms with E-state index in [1.165, 1.54) is 28.9 Å². The van der Waals surface area contributed by atoms with Crippen molar-refractivity contribution >= 4 is 29.7 Å². The molecule has 0 unspecified atom stereocenters. The Balaban J connectivity index is 1.59. The summed E-state index contributed by atoms with van der Waals surface area (Å²) in [5.41, 5.74) is 9.90. The fourth-order valence-electron chi connectivity index (χ4n) is 2.47. The summed E-state index contributed by atoms with van der Waals surface area (Å²) >= 11 is 1.50. The minimum Gasteiger partial charge on any atom is -0.463 e. The number of rotatable bonds is 7. The van der Waals surface area contributed by atoms with Gasteiger partial charge >= 0.3 is 0 Å². The minimum atomic E-state index is -0.543. The molecule has 0 fully saturated rings. The van der Waals surface area contributed by atoms with Crippen molar-refractivity contribution in [2.75, 3.05) is 5.73 Å². The van der Waals surface area contributed by atoms with E-state index >= 15 is 0 Å². The number of hydrogen-bond donors (Lipinski definition) is 2. The number of thioether (sulfide) groups is 1. The van der Waals surface area contributed by atoms with Gasteiger partial charge in [0.25, 0.3) is 5.91 Å². The van der Waals surface area contributed by atoms with Gasteiger partial charge in [-0.2, -0.15) is 9.78 Å². The van der Waals surface area contributed by atoms with E-state index < -0.39 is 5.91 Å². The number of aromatic nitrogens is 5. The van der Waals surface area contributed by atoms with Gasteiger partial charge in [-0.1, -0.05) is 22.9 Å². The van der Waals surface area contributed by atoms with Crippen LogP contribution >= 0.6 is 11.8 Å². The second kappa shape index (κ2) is 8.61. The van der Waals surface area contributed by atoms with Gasteiger partial charge < -0.3 is 10.2 Å². The minimum absolute atomic E-state index is 0.0317. The average Bonchev–Trinajstić information content (AvgIpc) is 3.48. The zero-order valence-corrected chi connectivity index (χ0v) is 16.5. The van der Waals surface area contributed by atoms with Crippen LogP contribution in [0.3, 0.4) is 0 Å². The molecule has 11 nitrogen and oxygen atoms in total. The molecule has 30 heavy (non-hydrogen) atoms. The number of nitrogens with one attached hydrogen (secondary N) is 1. The highest BCUT2D eigenvalue weighted by atomic mass is 32.2. The van der Waals surface area contributed by atoms with E-state index in [1.54, 1.807) is 12.1 Å². The Morgan fingerprint density at radius 2 is 2.13 bits per heavy atom. The summed E-state index contributed by atoms with van der Waals surface area (Å²) in [5.74, 6) is 0.506. The van der Waals surface area contributed by atoms with E-state index in [4.69, 9.17) is 10.2 Å². The summed E-state index contributed by atoms with van der Waals surface area (Å²) < 4.78 is 11.1. The second-order valence-corrected chi connectivity index (χ2v) is 7.13. The molecule has 12 heteroatoms. The van der Waals surface area contributed by atoms with Gasteiger partial charge in [0, 0.05) is 10.6 Å². The lowest BCUT2D eigenvalue weighted by molar-refractivity contribution is 0.0949. The number of anilines is 1. The molecule has 0 aliphatic rings. The average molecular weight is 424 g/mol. The zero-order valence-electron chi connectivity index (χ0n) is 15.7. The van der Waals surface area contributed by atoms with Crippen molar-refractivity contribution in [1.29, 1.82) is 0 Å². The largest absolute Gasteiger partial charge is 0.463 e. The highest BCUT2D eigenvalue weighted by Gasteiger charge is 2.24. The van der Waals surface area contributed by atoms with Crippen molar-refractivity contribution in [2.45, 2.75) is 17.6 Å². The van der Waals surface area contributed by atoms with Crippen molar-refractivity contribution in [3.05, 3.63) is 65.4 Å². The van der Waals surface area contributed by atoms with Crippen LogP contribution in [-0.4, -0.2) is 37.4 Å². The first-order valence-corrected chi connectivity index (χ1v) is 9.69. The number of nitrogens with zero attached hydrogens (tertiary/aromatic N) is 6. The smallest absolute Gasteiger partial charge is 0.293 e. The van der Waals surface area contributed by atoms with E-state index in [9.17, 15) is 4.79 Å². The fraction of sp³-hybridized carbons (Fsp3) is 0.111. The van der Waals surface area contributed by atoms with Crippen molar-refractivity contribution in [3.63, 3.8) is 0 Å². The van der Waals surface area contributed by atoms with Crippen LogP contribution in [0.2, 0.25) is 0 Å². The van der Waals surface area contributed by atoms with Crippen LogP contribution in [0.4, 0.5) is 5.82 Å². The third-order valence-electron chi connectivity index (χ3n) is 3.97. The van der Waals surface area contributed by atoms with E-state index in [1.807, 2.05) is 31.2 Å². The Hall–Kier alpha value is -3.93. The monoisotopic (exact) mass is 424 g/mol. The molecular formula is C18H16N8O3S. The predicted octanol–water partition coefficient (Wildman–Crippen LogP) is 2.19.